The fourth-order valence-corrected chi connectivity index (χ4v) is 3.56. The van der Waals surface area contributed by atoms with Gasteiger partial charge in [-0.1, -0.05) is 70.7 Å². The lowest BCUT2D eigenvalue weighted by atomic mass is 9.85. The molecule has 1 aliphatic carbocycles. The molecule has 1 saturated carbocycles. The molecular formula is C20H16Cl4O. The van der Waals surface area contributed by atoms with E-state index in [1.807, 2.05) is 24.3 Å². The minimum absolute atomic E-state index is 0.507. The van der Waals surface area contributed by atoms with Gasteiger partial charge in [-0.2, -0.15) is 0 Å². The van der Waals surface area contributed by atoms with Gasteiger partial charge in [0.05, 0.1) is 26.2 Å². The lowest BCUT2D eigenvalue weighted by Crippen LogP contribution is -2.18. The van der Waals surface area contributed by atoms with Crippen LogP contribution in [0.4, 0.5) is 0 Å². The van der Waals surface area contributed by atoms with Crippen molar-refractivity contribution in [1.29, 1.82) is 0 Å². The second-order valence-corrected chi connectivity index (χ2v) is 7.67. The molecule has 130 valence electrons. The van der Waals surface area contributed by atoms with E-state index in [-0.39, 0.29) is 0 Å². The van der Waals surface area contributed by atoms with Crippen LogP contribution in [0, 0.1) is 0 Å². The predicted molar refractivity (Wildman–Crippen MR) is 109 cm³/mol. The van der Waals surface area contributed by atoms with Crippen LogP contribution >= 0.6 is 46.4 Å². The third-order valence-electron chi connectivity index (χ3n) is 4.22. The highest BCUT2D eigenvalue weighted by Crippen LogP contribution is 2.33. The lowest BCUT2D eigenvalue weighted by molar-refractivity contribution is 0.229. The van der Waals surface area contributed by atoms with Crippen LogP contribution in [-0.2, 0) is 0 Å². The zero-order chi connectivity index (χ0) is 18.0. The van der Waals surface area contributed by atoms with Crippen molar-refractivity contribution in [3.63, 3.8) is 0 Å². The number of benzene rings is 2. The van der Waals surface area contributed by atoms with Gasteiger partial charge >= 0.3 is 0 Å². The Labute approximate surface area is 167 Å². The molecule has 0 radical (unpaired) electrons. The minimum Gasteiger partial charge on any atom is -0.384 e. The Bertz CT molecular complexity index is 785. The molecule has 3 rings (SSSR count). The molecule has 1 atom stereocenters. The Kier molecular flexibility index (Phi) is 6.14. The summed E-state index contributed by atoms with van der Waals surface area (Å²) in [5.41, 5.74) is 3.80. The molecule has 0 heterocycles. The summed E-state index contributed by atoms with van der Waals surface area (Å²) < 4.78 is 0. The SMILES string of the molecule is OC1/C(=C\c2ccc(Cl)c(Cl)c2)CCC/C1=C\c1ccc(Cl)c(Cl)c1. The number of aliphatic hydroxyl groups excluding tert-OH is 1. The summed E-state index contributed by atoms with van der Waals surface area (Å²) in [7, 11) is 0. The van der Waals surface area contributed by atoms with Crippen molar-refractivity contribution in [1.82, 2.24) is 0 Å². The van der Waals surface area contributed by atoms with Gasteiger partial charge in [0, 0.05) is 0 Å². The first-order chi connectivity index (χ1) is 11.9. The summed E-state index contributed by atoms with van der Waals surface area (Å²) in [6, 6.07) is 10.9. The average molecular weight is 414 g/mol. The van der Waals surface area contributed by atoms with Crippen molar-refractivity contribution >= 4 is 58.6 Å². The first-order valence-corrected chi connectivity index (χ1v) is 9.44. The van der Waals surface area contributed by atoms with E-state index in [2.05, 4.69) is 0 Å². The Morgan fingerprint density at radius 3 is 1.56 bits per heavy atom. The third-order valence-corrected chi connectivity index (χ3v) is 5.70. The van der Waals surface area contributed by atoms with E-state index in [4.69, 9.17) is 46.4 Å². The molecule has 25 heavy (non-hydrogen) atoms. The Morgan fingerprint density at radius 2 is 1.16 bits per heavy atom. The summed E-state index contributed by atoms with van der Waals surface area (Å²) >= 11 is 24.1. The van der Waals surface area contributed by atoms with Gasteiger partial charge in [-0.3, -0.25) is 0 Å². The fourth-order valence-electron chi connectivity index (χ4n) is 2.94. The number of hydrogen-bond donors (Lipinski definition) is 1. The van der Waals surface area contributed by atoms with Crippen molar-refractivity contribution in [3.05, 3.63) is 78.8 Å². The van der Waals surface area contributed by atoms with Gasteiger partial charge in [-0.15, -0.1) is 0 Å². The number of aliphatic hydroxyl groups is 1. The smallest absolute Gasteiger partial charge is 0.0967 e. The normalized spacial score (nSPS) is 21.1. The molecule has 1 nitrogen and oxygen atoms in total. The van der Waals surface area contributed by atoms with E-state index < -0.39 is 6.10 Å². The molecule has 1 unspecified atom stereocenters. The molecule has 1 N–H and O–H groups in total. The Hall–Kier alpha value is -0.960. The molecule has 0 aromatic heterocycles. The van der Waals surface area contributed by atoms with E-state index in [0.29, 0.717) is 20.1 Å². The monoisotopic (exact) mass is 412 g/mol. The number of hydrogen-bond acceptors (Lipinski definition) is 1. The molecule has 0 aliphatic heterocycles. The quantitative estimate of drug-likeness (QED) is 0.546. The molecule has 0 spiro atoms. The molecule has 1 aliphatic rings. The molecule has 2 aromatic rings. The molecule has 2 aromatic carbocycles. The first-order valence-electron chi connectivity index (χ1n) is 7.93. The van der Waals surface area contributed by atoms with E-state index in [1.165, 1.54) is 0 Å². The summed E-state index contributed by atoms with van der Waals surface area (Å²) in [4.78, 5) is 0. The summed E-state index contributed by atoms with van der Waals surface area (Å²) in [6.45, 7) is 0. The topological polar surface area (TPSA) is 20.2 Å². The molecule has 0 amide bonds. The average Bonchev–Trinajstić information content (AvgIpc) is 2.58. The summed E-state index contributed by atoms with van der Waals surface area (Å²) in [5.74, 6) is 0. The maximum absolute atomic E-state index is 10.7. The maximum Gasteiger partial charge on any atom is 0.0967 e. The molecular weight excluding hydrogens is 398 g/mol. The van der Waals surface area contributed by atoms with Gasteiger partial charge in [0.25, 0.3) is 0 Å². The van der Waals surface area contributed by atoms with Crippen LogP contribution in [-0.4, -0.2) is 11.2 Å². The molecule has 0 saturated heterocycles. The zero-order valence-corrected chi connectivity index (χ0v) is 16.3. The van der Waals surface area contributed by atoms with Crippen LogP contribution < -0.4 is 0 Å². The van der Waals surface area contributed by atoms with E-state index >= 15 is 0 Å². The first kappa shape index (κ1) is 18.8. The largest absolute Gasteiger partial charge is 0.384 e. The second kappa shape index (κ2) is 8.16. The van der Waals surface area contributed by atoms with Gasteiger partial charge in [0.15, 0.2) is 0 Å². The van der Waals surface area contributed by atoms with Crippen molar-refractivity contribution < 1.29 is 5.11 Å². The van der Waals surface area contributed by atoms with E-state index in [0.717, 1.165) is 41.5 Å². The summed E-state index contributed by atoms with van der Waals surface area (Å²) in [6.07, 6.45) is 6.03. The van der Waals surface area contributed by atoms with Crippen LogP contribution in [0.3, 0.4) is 0 Å². The standard InChI is InChI=1S/C20H16Cl4O/c21-16-6-4-12(10-18(16)23)8-14-2-1-3-15(20(14)25)9-13-5-7-17(22)19(24)11-13/h4-11,20,25H,1-3H2/b14-8-,15-9+. The highest BCUT2D eigenvalue weighted by atomic mass is 35.5. The maximum atomic E-state index is 10.7. The van der Waals surface area contributed by atoms with Gasteiger partial charge in [-0.05, 0) is 65.8 Å². The molecule has 1 fully saturated rings. The Morgan fingerprint density at radius 1 is 0.720 bits per heavy atom. The van der Waals surface area contributed by atoms with Crippen LogP contribution in [0.2, 0.25) is 20.1 Å². The Balaban J connectivity index is 1.88. The predicted octanol–water partition coefficient (Wildman–Crippen LogP) is 7.31. The van der Waals surface area contributed by atoms with Crippen LogP contribution in [0.15, 0.2) is 47.5 Å². The van der Waals surface area contributed by atoms with Crippen LogP contribution in [0.25, 0.3) is 12.2 Å². The highest BCUT2D eigenvalue weighted by molar-refractivity contribution is 6.42. The number of halogens is 4. The van der Waals surface area contributed by atoms with Crippen molar-refractivity contribution in [2.24, 2.45) is 0 Å². The fraction of sp³-hybridized carbons (Fsp3) is 0.200. The van der Waals surface area contributed by atoms with Crippen molar-refractivity contribution in [2.45, 2.75) is 25.4 Å². The van der Waals surface area contributed by atoms with E-state index in [9.17, 15) is 5.11 Å². The van der Waals surface area contributed by atoms with Gasteiger partial charge in [0.2, 0.25) is 0 Å². The molecule has 0 bridgehead atoms. The van der Waals surface area contributed by atoms with E-state index in [1.54, 1.807) is 24.3 Å². The highest BCUT2D eigenvalue weighted by Gasteiger charge is 2.21. The molecule has 5 heteroatoms. The van der Waals surface area contributed by atoms with Crippen LogP contribution in [0.5, 0.6) is 0 Å². The van der Waals surface area contributed by atoms with Gasteiger partial charge in [0.1, 0.15) is 0 Å². The second-order valence-electron chi connectivity index (χ2n) is 6.04. The van der Waals surface area contributed by atoms with Gasteiger partial charge < -0.3 is 5.11 Å². The van der Waals surface area contributed by atoms with Crippen molar-refractivity contribution in [3.8, 4) is 0 Å². The zero-order valence-electron chi connectivity index (χ0n) is 13.3. The number of rotatable bonds is 2. The van der Waals surface area contributed by atoms with Crippen molar-refractivity contribution in [2.75, 3.05) is 0 Å². The van der Waals surface area contributed by atoms with Crippen LogP contribution in [0.1, 0.15) is 30.4 Å². The minimum atomic E-state index is -0.613. The van der Waals surface area contributed by atoms with Gasteiger partial charge in [-0.25, -0.2) is 0 Å². The lowest BCUT2D eigenvalue weighted by Gasteiger charge is -2.24. The summed E-state index contributed by atoms with van der Waals surface area (Å²) in [5, 5.41) is 12.8. The third kappa shape index (κ3) is 4.61.